The second-order valence-electron chi connectivity index (χ2n) is 7.07. The topological polar surface area (TPSA) is 67.2 Å². The van der Waals surface area contributed by atoms with Crippen molar-refractivity contribution in [1.29, 1.82) is 0 Å². The number of likely N-dealkylation sites (tertiary alicyclic amines) is 1. The quantitative estimate of drug-likeness (QED) is 0.873. The molecule has 0 aromatic carbocycles. The lowest BCUT2D eigenvalue weighted by atomic mass is 9.95. The van der Waals surface area contributed by atoms with Crippen LogP contribution in [0.2, 0.25) is 0 Å². The molecule has 6 heteroatoms. The normalized spacial score (nSPS) is 25.6. The molecule has 0 radical (unpaired) electrons. The maximum Gasteiger partial charge on any atom is 0.267 e. The lowest BCUT2D eigenvalue weighted by Crippen LogP contribution is -2.45. The van der Waals surface area contributed by atoms with Gasteiger partial charge in [0.25, 0.3) is 5.56 Å². The van der Waals surface area contributed by atoms with E-state index in [1.54, 1.807) is 10.7 Å². The number of aromatic nitrogens is 2. The maximum absolute atomic E-state index is 12.2. The fourth-order valence-electron chi connectivity index (χ4n) is 4.19. The Labute approximate surface area is 135 Å². The molecule has 2 saturated heterocycles. The molecule has 3 heterocycles. The Balaban J connectivity index is 1.38. The Morgan fingerprint density at radius 1 is 1.17 bits per heavy atom. The van der Waals surface area contributed by atoms with Crippen LogP contribution in [0.4, 0.5) is 0 Å². The number of rotatable bonds is 3. The SMILES string of the molecule is O=C1NCCC1N1CCC(Cn2nc3c(cc2=O)CCC3)CC1. The summed E-state index contributed by atoms with van der Waals surface area (Å²) in [5.74, 6) is 0.667. The van der Waals surface area contributed by atoms with Gasteiger partial charge in [-0.25, -0.2) is 4.68 Å². The van der Waals surface area contributed by atoms with E-state index < -0.39 is 0 Å². The van der Waals surface area contributed by atoms with Crippen LogP contribution in [0.25, 0.3) is 0 Å². The fraction of sp³-hybridized carbons (Fsp3) is 0.706. The van der Waals surface area contributed by atoms with Crippen molar-refractivity contribution in [2.75, 3.05) is 19.6 Å². The van der Waals surface area contributed by atoms with E-state index >= 15 is 0 Å². The minimum atomic E-state index is 0.0447. The molecule has 2 aliphatic heterocycles. The number of nitrogens with zero attached hydrogens (tertiary/aromatic N) is 3. The summed E-state index contributed by atoms with van der Waals surface area (Å²) in [4.78, 5) is 26.3. The van der Waals surface area contributed by atoms with E-state index in [0.717, 1.165) is 76.0 Å². The number of aryl methyl sites for hydroxylation is 2. The van der Waals surface area contributed by atoms with Gasteiger partial charge in [0.05, 0.1) is 11.7 Å². The number of hydrogen-bond donors (Lipinski definition) is 1. The minimum Gasteiger partial charge on any atom is -0.355 e. The molecule has 6 nitrogen and oxygen atoms in total. The van der Waals surface area contributed by atoms with Crippen LogP contribution in [0, 0.1) is 5.92 Å². The molecule has 2 fully saturated rings. The Morgan fingerprint density at radius 2 is 2.00 bits per heavy atom. The molecule has 3 aliphatic rings. The summed E-state index contributed by atoms with van der Waals surface area (Å²) in [5.41, 5.74) is 2.31. The number of piperidine rings is 1. The van der Waals surface area contributed by atoms with Crippen molar-refractivity contribution in [3.8, 4) is 0 Å². The first kappa shape index (κ1) is 14.9. The van der Waals surface area contributed by atoms with Crippen LogP contribution in [0.5, 0.6) is 0 Å². The first-order valence-electron chi connectivity index (χ1n) is 8.82. The Morgan fingerprint density at radius 3 is 2.74 bits per heavy atom. The van der Waals surface area contributed by atoms with Crippen molar-refractivity contribution in [3.05, 3.63) is 27.7 Å². The average Bonchev–Trinajstić information content (AvgIpc) is 3.17. The summed E-state index contributed by atoms with van der Waals surface area (Å²) < 4.78 is 1.67. The third-order valence-electron chi connectivity index (χ3n) is 5.56. The molecule has 0 saturated carbocycles. The van der Waals surface area contributed by atoms with Gasteiger partial charge in [0, 0.05) is 19.2 Å². The summed E-state index contributed by atoms with van der Waals surface area (Å²) in [7, 11) is 0. The van der Waals surface area contributed by atoms with Crippen LogP contribution < -0.4 is 10.9 Å². The summed E-state index contributed by atoms with van der Waals surface area (Å²) in [6.07, 6.45) is 6.12. The molecule has 1 aromatic heterocycles. The summed E-state index contributed by atoms with van der Waals surface area (Å²) in [6.45, 7) is 3.42. The third-order valence-corrected chi connectivity index (χ3v) is 5.56. The van der Waals surface area contributed by atoms with Crippen molar-refractivity contribution in [2.45, 2.75) is 51.1 Å². The molecule has 1 N–H and O–H groups in total. The predicted molar refractivity (Wildman–Crippen MR) is 86.2 cm³/mol. The Hall–Kier alpha value is -1.69. The second-order valence-corrected chi connectivity index (χ2v) is 7.07. The standard InChI is InChI=1S/C17H24N4O2/c22-16-10-13-2-1-3-14(13)19-21(16)11-12-5-8-20(9-6-12)15-4-7-18-17(15)23/h10,12,15H,1-9,11H2,(H,18,23). The smallest absolute Gasteiger partial charge is 0.267 e. The predicted octanol–water partition coefficient (Wildman–Crippen LogP) is 0.332. The highest BCUT2D eigenvalue weighted by molar-refractivity contribution is 5.83. The largest absolute Gasteiger partial charge is 0.355 e. The summed E-state index contributed by atoms with van der Waals surface area (Å²) >= 11 is 0. The molecule has 1 aromatic rings. The van der Waals surface area contributed by atoms with E-state index in [9.17, 15) is 9.59 Å². The zero-order chi connectivity index (χ0) is 15.8. The van der Waals surface area contributed by atoms with E-state index in [-0.39, 0.29) is 17.5 Å². The van der Waals surface area contributed by atoms with Gasteiger partial charge in [0.2, 0.25) is 5.91 Å². The third kappa shape index (κ3) is 2.92. The Bertz CT molecular complexity index is 661. The lowest BCUT2D eigenvalue weighted by Gasteiger charge is -2.34. The van der Waals surface area contributed by atoms with Gasteiger partial charge < -0.3 is 5.32 Å². The molecule has 1 aliphatic carbocycles. The first-order valence-corrected chi connectivity index (χ1v) is 8.82. The highest BCUT2D eigenvalue weighted by Gasteiger charge is 2.32. The highest BCUT2D eigenvalue weighted by Crippen LogP contribution is 2.23. The molecule has 1 amide bonds. The molecule has 23 heavy (non-hydrogen) atoms. The summed E-state index contributed by atoms with van der Waals surface area (Å²) in [6, 6.07) is 1.85. The van der Waals surface area contributed by atoms with Crippen molar-refractivity contribution in [1.82, 2.24) is 20.0 Å². The van der Waals surface area contributed by atoms with E-state index in [2.05, 4.69) is 15.3 Å². The first-order chi connectivity index (χ1) is 11.2. The molecule has 0 spiro atoms. The van der Waals surface area contributed by atoms with E-state index in [0.29, 0.717) is 5.92 Å². The van der Waals surface area contributed by atoms with Crippen LogP contribution in [-0.4, -0.2) is 46.3 Å². The molecule has 1 atom stereocenters. The van der Waals surface area contributed by atoms with Gasteiger partial charge in [-0.2, -0.15) is 5.10 Å². The van der Waals surface area contributed by atoms with E-state index in [1.807, 2.05) is 0 Å². The van der Waals surface area contributed by atoms with Crippen molar-refractivity contribution in [3.63, 3.8) is 0 Å². The van der Waals surface area contributed by atoms with Crippen LogP contribution in [0.1, 0.15) is 36.9 Å². The summed E-state index contributed by atoms with van der Waals surface area (Å²) in [5, 5.41) is 7.50. The fourth-order valence-corrected chi connectivity index (χ4v) is 4.19. The maximum atomic E-state index is 12.2. The van der Waals surface area contributed by atoms with Gasteiger partial charge in [-0.15, -0.1) is 0 Å². The second kappa shape index (κ2) is 6.07. The van der Waals surface area contributed by atoms with Crippen molar-refractivity contribution >= 4 is 5.91 Å². The van der Waals surface area contributed by atoms with Crippen LogP contribution in [0.3, 0.4) is 0 Å². The van der Waals surface area contributed by atoms with Gasteiger partial charge >= 0.3 is 0 Å². The van der Waals surface area contributed by atoms with Gasteiger partial charge in [0.15, 0.2) is 0 Å². The number of amides is 1. The van der Waals surface area contributed by atoms with Gasteiger partial charge in [-0.3, -0.25) is 14.5 Å². The van der Waals surface area contributed by atoms with Gasteiger partial charge in [-0.05, 0) is 63.1 Å². The molecular formula is C17H24N4O2. The minimum absolute atomic E-state index is 0.0447. The van der Waals surface area contributed by atoms with Crippen LogP contribution in [-0.2, 0) is 24.2 Å². The zero-order valence-electron chi connectivity index (χ0n) is 13.5. The number of fused-ring (bicyclic) bond motifs is 1. The van der Waals surface area contributed by atoms with Gasteiger partial charge in [-0.1, -0.05) is 0 Å². The molecular weight excluding hydrogens is 292 g/mol. The molecule has 4 rings (SSSR count). The number of carbonyl (C=O) groups is 1. The number of nitrogens with one attached hydrogen (secondary N) is 1. The van der Waals surface area contributed by atoms with E-state index in [4.69, 9.17) is 0 Å². The molecule has 0 bridgehead atoms. The number of carbonyl (C=O) groups excluding carboxylic acids is 1. The average molecular weight is 316 g/mol. The Kier molecular flexibility index (Phi) is 3.93. The molecule has 124 valence electrons. The lowest BCUT2D eigenvalue weighted by molar-refractivity contribution is -0.124. The van der Waals surface area contributed by atoms with Crippen LogP contribution >= 0.6 is 0 Å². The number of hydrogen-bond acceptors (Lipinski definition) is 4. The van der Waals surface area contributed by atoms with Crippen molar-refractivity contribution in [2.24, 2.45) is 5.92 Å². The van der Waals surface area contributed by atoms with E-state index in [1.165, 1.54) is 0 Å². The van der Waals surface area contributed by atoms with Crippen molar-refractivity contribution < 1.29 is 4.79 Å². The van der Waals surface area contributed by atoms with Gasteiger partial charge in [0.1, 0.15) is 0 Å². The monoisotopic (exact) mass is 316 g/mol. The molecule has 1 unspecified atom stereocenters. The zero-order valence-corrected chi connectivity index (χ0v) is 13.5. The highest BCUT2D eigenvalue weighted by atomic mass is 16.2. The van der Waals surface area contributed by atoms with Crippen LogP contribution in [0.15, 0.2) is 10.9 Å².